The van der Waals surface area contributed by atoms with Crippen molar-refractivity contribution in [1.29, 1.82) is 0 Å². The summed E-state index contributed by atoms with van der Waals surface area (Å²) in [5.41, 5.74) is 1.72. The molecule has 1 spiro atoms. The molecule has 4 heteroatoms. The maximum Gasteiger partial charge on any atom is 0.254 e. The fourth-order valence-corrected chi connectivity index (χ4v) is 4.20. The van der Waals surface area contributed by atoms with Gasteiger partial charge in [-0.05, 0) is 67.7 Å². The molecule has 0 bridgehead atoms. The molecule has 2 saturated carbocycles. The molecular weight excluding hydrogens is 286 g/mol. The number of benzene rings is 1. The van der Waals surface area contributed by atoms with Gasteiger partial charge >= 0.3 is 0 Å². The molecule has 1 aromatic carbocycles. The third kappa shape index (κ3) is 2.41. The zero-order chi connectivity index (χ0) is 15.4. The molecule has 1 atom stereocenters. The van der Waals surface area contributed by atoms with E-state index < -0.39 is 11.3 Å². The van der Waals surface area contributed by atoms with Crippen LogP contribution in [0.5, 0.6) is 5.75 Å². The minimum atomic E-state index is -2.40. The molecule has 0 aliphatic heterocycles. The van der Waals surface area contributed by atoms with E-state index in [1.54, 1.807) is 0 Å². The second-order valence-corrected chi connectivity index (χ2v) is 7.41. The molecular formula is C18H22F2O2. The molecule has 1 N–H and O–H groups in total. The van der Waals surface area contributed by atoms with Crippen molar-refractivity contribution in [2.24, 2.45) is 11.3 Å². The monoisotopic (exact) mass is 308 g/mol. The predicted octanol–water partition coefficient (Wildman–Crippen LogP) is 3.74. The van der Waals surface area contributed by atoms with E-state index in [2.05, 4.69) is 0 Å². The highest BCUT2D eigenvalue weighted by molar-refractivity contribution is 5.39. The van der Waals surface area contributed by atoms with Crippen molar-refractivity contribution >= 4 is 0 Å². The summed E-state index contributed by atoms with van der Waals surface area (Å²) in [7, 11) is 0. The molecule has 0 saturated heterocycles. The van der Waals surface area contributed by atoms with Gasteiger partial charge in [-0.3, -0.25) is 0 Å². The molecule has 22 heavy (non-hydrogen) atoms. The average molecular weight is 308 g/mol. The third-order valence-corrected chi connectivity index (χ3v) is 5.85. The summed E-state index contributed by atoms with van der Waals surface area (Å²) in [4.78, 5) is 0. The molecule has 2 fully saturated rings. The number of ether oxygens (including phenoxy) is 1. The molecule has 2 nitrogen and oxygen atoms in total. The quantitative estimate of drug-likeness (QED) is 0.922. The molecule has 3 aliphatic rings. The van der Waals surface area contributed by atoms with Crippen LogP contribution in [0.2, 0.25) is 0 Å². The molecule has 0 amide bonds. The van der Waals surface area contributed by atoms with Gasteiger partial charge in [0.05, 0.1) is 12.7 Å². The number of fused-ring (bicyclic) bond motifs is 1. The van der Waals surface area contributed by atoms with Gasteiger partial charge in [0.1, 0.15) is 5.75 Å². The maximum absolute atomic E-state index is 13.4. The average Bonchev–Trinajstić information content (AvgIpc) is 2.82. The van der Waals surface area contributed by atoms with Gasteiger partial charge in [-0.1, -0.05) is 6.07 Å². The van der Waals surface area contributed by atoms with Crippen LogP contribution in [0, 0.1) is 11.3 Å². The summed E-state index contributed by atoms with van der Waals surface area (Å²) in [5.74, 6) is -1.18. The number of hydrogen-bond donors (Lipinski definition) is 1. The Labute approximate surface area is 129 Å². The highest BCUT2D eigenvalue weighted by atomic mass is 19.3. The number of rotatable bonds is 3. The Bertz CT molecular complexity index is 576. The summed E-state index contributed by atoms with van der Waals surface area (Å²) >= 11 is 0. The second-order valence-electron chi connectivity index (χ2n) is 7.41. The van der Waals surface area contributed by atoms with Crippen molar-refractivity contribution < 1.29 is 18.6 Å². The number of alkyl halides is 2. The highest BCUT2D eigenvalue weighted by Gasteiger charge is 2.70. The van der Waals surface area contributed by atoms with E-state index in [9.17, 15) is 13.9 Å². The number of halogens is 2. The van der Waals surface area contributed by atoms with Crippen molar-refractivity contribution in [3.63, 3.8) is 0 Å². The number of aliphatic hydroxyl groups excluding tert-OH is 1. The van der Waals surface area contributed by atoms with Crippen LogP contribution < -0.4 is 4.74 Å². The molecule has 0 aromatic heterocycles. The van der Waals surface area contributed by atoms with E-state index in [1.807, 2.05) is 18.2 Å². The molecule has 0 radical (unpaired) electrons. The van der Waals surface area contributed by atoms with Crippen molar-refractivity contribution in [2.75, 3.05) is 6.61 Å². The van der Waals surface area contributed by atoms with Gasteiger partial charge in [0, 0.05) is 11.8 Å². The third-order valence-electron chi connectivity index (χ3n) is 5.85. The summed E-state index contributed by atoms with van der Waals surface area (Å²) in [5, 5.41) is 9.67. The van der Waals surface area contributed by atoms with Gasteiger partial charge < -0.3 is 9.84 Å². The first-order valence-electron chi connectivity index (χ1n) is 8.28. The number of aliphatic hydroxyl groups is 1. The molecule has 1 aromatic rings. The first-order chi connectivity index (χ1) is 10.5. The lowest BCUT2D eigenvalue weighted by atomic mass is 9.79. The van der Waals surface area contributed by atoms with E-state index in [-0.39, 0.29) is 12.5 Å². The fraction of sp³-hybridized carbons (Fsp3) is 0.667. The molecule has 120 valence electrons. The van der Waals surface area contributed by atoms with Crippen LogP contribution in [0.3, 0.4) is 0 Å². The van der Waals surface area contributed by atoms with Gasteiger partial charge in [0.15, 0.2) is 0 Å². The minimum absolute atomic E-state index is 0.0979. The Hall–Kier alpha value is -1.16. The largest absolute Gasteiger partial charge is 0.493 e. The summed E-state index contributed by atoms with van der Waals surface area (Å²) < 4.78 is 32.6. The maximum atomic E-state index is 13.4. The summed E-state index contributed by atoms with van der Waals surface area (Å²) in [6, 6.07) is 6.00. The van der Waals surface area contributed by atoms with Gasteiger partial charge in [-0.2, -0.15) is 0 Å². The van der Waals surface area contributed by atoms with E-state index >= 15 is 0 Å². The lowest BCUT2D eigenvalue weighted by Gasteiger charge is -2.28. The van der Waals surface area contributed by atoms with E-state index in [4.69, 9.17) is 4.74 Å². The topological polar surface area (TPSA) is 29.5 Å². The Morgan fingerprint density at radius 2 is 1.82 bits per heavy atom. The van der Waals surface area contributed by atoms with Crippen LogP contribution >= 0.6 is 0 Å². The van der Waals surface area contributed by atoms with Crippen LogP contribution in [-0.2, 0) is 12.8 Å². The van der Waals surface area contributed by atoms with E-state index in [0.717, 1.165) is 25.0 Å². The normalized spacial score (nSPS) is 35.4. The zero-order valence-electron chi connectivity index (χ0n) is 12.7. The van der Waals surface area contributed by atoms with Crippen LogP contribution in [0.25, 0.3) is 0 Å². The van der Waals surface area contributed by atoms with Crippen molar-refractivity contribution in [3.8, 4) is 5.75 Å². The Balaban J connectivity index is 1.30. The van der Waals surface area contributed by atoms with Gasteiger partial charge in [0.25, 0.3) is 5.92 Å². The van der Waals surface area contributed by atoms with E-state index in [0.29, 0.717) is 31.8 Å². The van der Waals surface area contributed by atoms with Crippen molar-refractivity contribution in [2.45, 2.75) is 57.0 Å². The Morgan fingerprint density at radius 3 is 2.50 bits per heavy atom. The fourth-order valence-electron chi connectivity index (χ4n) is 4.20. The van der Waals surface area contributed by atoms with Crippen LogP contribution in [-0.4, -0.2) is 23.7 Å². The Kier molecular flexibility index (Phi) is 3.23. The highest BCUT2D eigenvalue weighted by Crippen LogP contribution is 2.67. The zero-order valence-corrected chi connectivity index (χ0v) is 12.7. The standard InChI is InChI=1S/C18H22F2O2/c19-18(20)11-17(18)5-3-12(4-6-17)10-22-16-2-1-13-7-15(21)8-14(13)9-16/h1-2,9,12,15,21H,3-8,10-11H2. The van der Waals surface area contributed by atoms with E-state index in [1.165, 1.54) is 11.1 Å². The predicted molar refractivity (Wildman–Crippen MR) is 79.3 cm³/mol. The van der Waals surface area contributed by atoms with Crippen LogP contribution in [0.15, 0.2) is 18.2 Å². The lowest BCUT2D eigenvalue weighted by Crippen LogP contribution is -2.24. The van der Waals surface area contributed by atoms with Crippen molar-refractivity contribution in [3.05, 3.63) is 29.3 Å². The van der Waals surface area contributed by atoms with Gasteiger partial charge in [-0.25, -0.2) is 8.78 Å². The lowest BCUT2D eigenvalue weighted by molar-refractivity contribution is 0.0358. The van der Waals surface area contributed by atoms with Gasteiger partial charge in [-0.15, -0.1) is 0 Å². The first-order valence-corrected chi connectivity index (χ1v) is 8.28. The smallest absolute Gasteiger partial charge is 0.254 e. The molecule has 1 unspecified atom stereocenters. The molecule has 3 aliphatic carbocycles. The first kappa shape index (κ1) is 14.4. The summed E-state index contributed by atoms with van der Waals surface area (Å²) in [6.07, 6.45) is 4.25. The summed E-state index contributed by atoms with van der Waals surface area (Å²) in [6.45, 7) is 0.614. The van der Waals surface area contributed by atoms with Crippen LogP contribution in [0.1, 0.15) is 43.2 Å². The molecule has 0 heterocycles. The van der Waals surface area contributed by atoms with Crippen molar-refractivity contribution in [1.82, 2.24) is 0 Å². The second kappa shape index (κ2) is 4.92. The minimum Gasteiger partial charge on any atom is -0.493 e. The number of hydrogen-bond acceptors (Lipinski definition) is 2. The SMILES string of the molecule is OC1Cc2ccc(OCC3CCC4(CC3)CC4(F)F)cc2C1. The molecule has 4 rings (SSSR count). The van der Waals surface area contributed by atoms with Gasteiger partial charge in [0.2, 0.25) is 0 Å². The Morgan fingerprint density at radius 1 is 1.14 bits per heavy atom. The van der Waals surface area contributed by atoms with Crippen LogP contribution in [0.4, 0.5) is 8.78 Å².